The van der Waals surface area contributed by atoms with Gasteiger partial charge in [-0.1, -0.05) is 6.92 Å². The van der Waals surface area contributed by atoms with Crippen molar-refractivity contribution in [2.24, 2.45) is 0 Å². The van der Waals surface area contributed by atoms with Crippen LogP contribution in [0.25, 0.3) is 11.0 Å². The molecule has 0 amide bonds. The zero-order chi connectivity index (χ0) is 16.2. The third-order valence-electron chi connectivity index (χ3n) is 2.90. The van der Waals surface area contributed by atoms with Crippen molar-refractivity contribution in [3.63, 3.8) is 0 Å². The Morgan fingerprint density at radius 2 is 1.81 bits per heavy atom. The first-order valence-electron chi connectivity index (χ1n) is 6.34. The Kier molecular flexibility index (Phi) is 5.51. The number of fused-ring (bicyclic) bond motifs is 1. The molecule has 0 aliphatic heterocycles. The first-order chi connectivity index (χ1) is 9.65. The monoisotopic (exact) mass is 314 g/mol. The lowest BCUT2D eigenvalue weighted by molar-refractivity contribution is 0.472. The van der Waals surface area contributed by atoms with E-state index in [0.717, 1.165) is 10.9 Å². The molecule has 2 aromatic rings. The van der Waals surface area contributed by atoms with Gasteiger partial charge in [-0.15, -0.1) is 0 Å². The Morgan fingerprint density at radius 1 is 1.19 bits per heavy atom. The fourth-order valence-corrected chi connectivity index (χ4v) is 2.21. The van der Waals surface area contributed by atoms with Gasteiger partial charge < -0.3 is 9.52 Å². The SMILES string of the molecule is CCCS(=O)(=O)O.Cc1c(C)c2ccc(O)cc2oc1=O. The number of hydrogen-bond acceptors (Lipinski definition) is 5. The summed E-state index contributed by atoms with van der Waals surface area (Å²) in [7, 11) is -3.67. The molecule has 0 aliphatic rings. The lowest BCUT2D eigenvalue weighted by atomic mass is 10.1. The number of aromatic hydroxyl groups is 1. The van der Waals surface area contributed by atoms with Crippen molar-refractivity contribution in [1.82, 2.24) is 0 Å². The number of rotatable bonds is 2. The van der Waals surface area contributed by atoms with Gasteiger partial charge in [-0.05, 0) is 38.0 Å². The van der Waals surface area contributed by atoms with E-state index in [2.05, 4.69) is 0 Å². The maximum absolute atomic E-state index is 11.3. The summed E-state index contributed by atoms with van der Waals surface area (Å²) in [5.74, 6) is -0.0311. The molecule has 21 heavy (non-hydrogen) atoms. The molecule has 0 unspecified atom stereocenters. The van der Waals surface area contributed by atoms with E-state index in [0.29, 0.717) is 17.6 Å². The Morgan fingerprint density at radius 3 is 2.29 bits per heavy atom. The van der Waals surface area contributed by atoms with Gasteiger partial charge in [0.25, 0.3) is 10.1 Å². The molecule has 0 radical (unpaired) electrons. The van der Waals surface area contributed by atoms with Crippen molar-refractivity contribution in [1.29, 1.82) is 0 Å². The van der Waals surface area contributed by atoms with Gasteiger partial charge in [0.15, 0.2) is 0 Å². The van der Waals surface area contributed by atoms with Crippen molar-refractivity contribution in [2.75, 3.05) is 5.75 Å². The molecule has 2 N–H and O–H groups in total. The summed E-state index contributed by atoms with van der Waals surface area (Å²) in [4.78, 5) is 11.3. The lowest BCUT2D eigenvalue weighted by Crippen LogP contribution is -2.05. The van der Waals surface area contributed by atoms with Crippen LogP contribution in [0.4, 0.5) is 0 Å². The number of hydrogen-bond donors (Lipinski definition) is 2. The molecule has 116 valence electrons. The summed E-state index contributed by atoms with van der Waals surface area (Å²) in [6.07, 6.45) is 0.471. The van der Waals surface area contributed by atoms with E-state index in [1.165, 1.54) is 6.07 Å². The number of phenolic OH excluding ortho intramolecular Hbond substituents is 1. The van der Waals surface area contributed by atoms with E-state index in [1.54, 1.807) is 26.0 Å². The van der Waals surface area contributed by atoms with E-state index >= 15 is 0 Å². The third kappa shape index (κ3) is 4.87. The zero-order valence-corrected chi connectivity index (χ0v) is 12.9. The summed E-state index contributed by atoms with van der Waals surface area (Å²) in [5.41, 5.74) is 1.60. The molecule has 6 nitrogen and oxygen atoms in total. The van der Waals surface area contributed by atoms with Crippen molar-refractivity contribution >= 4 is 21.1 Å². The molecule has 2 rings (SSSR count). The minimum absolute atomic E-state index is 0.101. The lowest BCUT2D eigenvalue weighted by Gasteiger charge is -2.03. The summed E-state index contributed by atoms with van der Waals surface area (Å²) in [6, 6.07) is 4.77. The maximum Gasteiger partial charge on any atom is 0.339 e. The fourth-order valence-electron chi connectivity index (χ4n) is 1.69. The van der Waals surface area contributed by atoms with Crippen LogP contribution >= 0.6 is 0 Å². The minimum atomic E-state index is -3.67. The van der Waals surface area contributed by atoms with Crippen molar-refractivity contribution in [3.8, 4) is 5.75 Å². The van der Waals surface area contributed by atoms with Crippen LogP contribution in [0.2, 0.25) is 0 Å². The van der Waals surface area contributed by atoms with Gasteiger partial charge >= 0.3 is 5.63 Å². The molecule has 0 fully saturated rings. The van der Waals surface area contributed by atoms with E-state index in [4.69, 9.17) is 8.97 Å². The first-order valence-corrected chi connectivity index (χ1v) is 7.94. The van der Waals surface area contributed by atoms with Crippen LogP contribution in [0.15, 0.2) is 27.4 Å². The Hall–Kier alpha value is -1.86. The minimum Gasteiger partial charge on any atom is -0.508 e. The molecule has 1 aromatic carbocycles. The topological polar surface area (TPSA) is 105 Å². The second kappa shape index (κ2) is 6.73. The molecule has 0 aliphatic carbocycles. The van der Waals surface area contributed by atoms with Crippen LogP contribution in [-0.4, -0.2) is 23.8 Å². The first kappa shape index (κ1) is 17.2. The summed E-state index contributed by atoms with van der Waals surface area (Å²) in [5, 5.41) is 10.1. The molecule has 7 heteroatoms. The van der Waals surface area contributed by atoms with Crippen LogP contribution < -0.4 is 5.63 Å². The average Bonchev–Trinajstić information content (AvgIpc) is 2.35. The molecule has 1 aromatic heterocycles. The molecule has 0 saturated heterocycles. The number of aryl methyl sites for hydroxylation is 1. The zero-order valence-electron chi connectivity index (χ0n) is 12.1. The second-order valence-electron chi connectivity index (χ2n) is 4.61. The smallest absolute Gasteiger partial charge is 0.339 e. The third-order valence-corrected chi connectivity index (χ3v) is 3.83. The Labute approximate surface area is 122 Å². The fraction of sp³-hybridized carbons (Fsp3) is 0.357. The number of benzene rings is 1. The standard InChI is InChI=1S/C11H10O3.C3H8O3S/c1-6-7(2)11(13)14-10-5-8(12)3-4-9(6)10;1-2-3-7(4,5)6/h3-5,12H,1-2H3;2-3H2,1H3,(H,4,5,6). The van der Waals surface area contributed by atoms with Gasteiger partial charge in [-0.25, -0.2) is 4.79 Å². The summed E-state index contributed by atoms with van der Waals surface area (Å²) in [6.45, 7) is 5.28. The predicted octanol–water partition coefficient (Wildman–Crippen LogP) is 2.40. The van der Waals surface area contributed by atoms with Gasteiger partial charge in [0, 0.05) is 17.0 Å². The van der Waals surface area contributed by atoms with Gasteiger partial charge in [-0.2, -0.15) is 8.42 Å². The van der Waals surface area contributed by atoms with Crippen LogP contribution in [0.5, 0.6) is 5.75 Å². The van der Waals surface area contributed by atoms with Gasteiger partial charge in [0.05, 0.1) is 5.75 Å². The highest BCUT2D eigenvalue weighted by molar-refractivity contribution is 7.85. The molecular weight excluding hydrogens is 296 g/mol. The van der Waals surface area contributed by atoms with E-state index in [9.17, 15) is 18.3 Å². The summed E-state index contributed by atoms with van der Waals surface area (Å²) >= 11 is 0. The van der Waals surface area contributed by atoms with Crippen molar-refractivity contribution in [2.45, 2.75) is 27.2 Å². The van der Waals surface area contributed by atoms with Gasteiger partial charge in [-0.3, -0.25) is 4.55 Å². The highest BCUT2D eigenvalue weighted by atomic mass is 32.2. The molecule has 0 bridgehead atoms. The predicted molar refractivity (Wildman–Crippen MR) is 80.3 cm³/mol. The molecule has 0 saturated carbocycles. The van der Waals surface area contributed by atoms with Crippen LogP contribution in [-0.2, 0) is 10.1 Å². The molecule has 0 spiro atoms. The van der Waals surface area contributed by atoms with Crippen LogP contribution in [0.3, 0.4) is 0 Å². The normalized spacial score (nSPS) is 11.0. The maximum atomic E-state index is 11.3. The van der Waals surface area contributed by atoms with Crippen LogP contribution in [0.1, 0.15) is 24.5 Å². The molecular formula is C14H18O6S. The van der Waals surface area contributed by atoms with Crippen LogP contribution in [0, 0.1) is 13.8 Å². The Balaban J connectivity index is 0.000000270. The number of phenols is 1. The Bertz CT molecular complexity index is 789. The summed E-state index contributed by atoms with van der Waals surface area (Å²) < 4.78 is 32.6. The van der Waals surface area contributed by atoms with Crippen molar-refractivity contribution < 1.29 is 22.5 Å². The van der Waals surface area contributed by atoms with E-state index in [1.807, 2.05) is 6.92 Å². The second-order valence-corrected chi connectivity index (χ2v) is 6.18. The van der Waals surface area contributed by atoms with Gasteiger partial charge in [0.2, 0.25) is 0 Å². The highest BCUT2D eigenvalue weighted by Crippen LogP contribution is 2.22. The van der Waals surface area contributed by atoms with E-state index in [-0.39, 0.29) is 17.1 Å². The van der Waals surface area contributed by atoms with E-state index < -0.39 is 10.1 Å². The quantitative estimate of drug-likeness (QED) is 0.651. The average molecular weight is 314 g/mol. The van der Waals surface area contributed by atoms with Gasteiger partial charge in [0.1, 0.15) is 11.3 Å². The largest absolute Gasteiger partial charge is 0.508 e. The highest BCUT2D eigenvalue weighted by Gasteiger charge is 2.07. The molecule has 0 atom stereocenters. The van der Waals surface area contributed by atoms with Crippen molar-refractivity contribution in [3.05, 3.63) is 39.7 Å². The molecule has 1 heterocycles.